The van der Waals surface area contributed by atoms with Crippen molar-refractivity contribution < 1.29 is 18.6 Å². The van der Waals surface area contributed by atoms with Crippen molar-refractivity contribution in [3.8, 4) is 0 Å². The van der Waals surface area contributed by atoms with E-state index in [1.807, 2.05) is 0 Å². The summed E-state index contributed by atoms with van der Waals surface area (Å²) in [5, 5.41) is 0. The van der Waals surface area contributed by atoms with Gasteiger partial charge in [-0.15, -0.1) is 0 Å². The Bertz CT molecular complexity index is 2620. The molecule has 0 unspecified atom stereocenters. The molecule has 4 nitrogen and oxygen atoms in total. The van der Waals surface area contributed by atoms with Crippen molar-refractivity contribution in [1.82, 2.24) is 0 Å². The quantitative estimate of drug-likeness (QED) is 0.149. The second-order valence-corrected chi connectivity index (χ2v) is 31.5. The Morgan fingerprint density at radius 1 is 0.269 bits per heavy atom. The highest BCUT2D eigenvalue weighted by Crippen LogP contribution is 2.59. The average Bonchev–Trinajstić information content (AvgIpc) is 4.17. The third-order valence-electron chi connectivity index (χ3n) is 16.7. The third-order valence-corrected chi connectivity index (χ3v) is 16.7. The molecule has 2 heterocycles. The molecule has 8 rings (SSSR count). The third kappa shape index (κ3) is 11.7. The van der Waals surface area contributed by atoms with Crippen LogP contribution in [0.1, 0.15) is 256 Å². The van der Waals surface area contributed by atoms with E-state index < -0.39 is 37.4 Å². The summed E-state index contributed by atoms with van der Waals surface area (Å²) < 4.78 is 32.2. The summed E-state index contributed by atoms with van der Waals surface area (Å²) in [4.78, 5) is 0. The van der Waals surface area contributed by atoms with E-state index in [0.717, 1.165) is 33.4 Å². The summed E-state index contributed by atoms with van der Waals surface area (Å²) in [6, 6.07) is 50.4. The predicted molar refractivity (Wildman–Crippen MR) is 331 cm³/mol. The van der Waals surface area contributed by atoms with Crippen LogP contribution in [0.2, 0.25) is 0 Å². The Morgan fingerprint density at radius 2 is 0.449 bits per heavy atom. The second kappa shape index (κ2) is 20.1. The molecule has 78 heavy (non-hydrogen) atoms. The van der Waals surface area contributed by atoms with Gasteiger partial charge in [-0.2, -0.15) is 0 Å². The topological polar surface area (TPSA) is 36.9 Å². The lowest BCUT2D eigenvalue weighted by molar-refractivity contribution is 0.0713. The molecule has 2 fully saturated rings. The summed E-state index contributed by atoms with van der Waals surface area (Å²) in [5.74, 6) is 0. The molecule has 0 radical (unpaired) electrons. The van der Waals surface area contributed by atoms with Crippen LogP contribution < -0.4 is 0 Å². The molecule has 0 aliphatic carbocycles. The van der Waals surface area contributed by atoms with Gasteiger partial charge in [0.1, 0.15) is 23.4 Å². The van der Waals surface area contributed by atoms with Gasteiger partial charge in [-0.1, -0.05) is 300 Å². The molecule has 0 spiro atoms. The molecule has 0 amide bonds. The zero-order valence-corrected chi connectivity index (χ0v) is 52.6. The van der Waals surface area contributed by atoms with Crippen molar-refractivity contribution >= 4 is 14.0 Å². The van der Waals surface area contributed by atoms with Gasteiger partial charge in [0.25, 0.3) is 0 Å². The van der Waals surface area contributed by atoms with E-state index >= 15 is 0 Å². The average molecular weight is 1050 g/mol. The number of benzene rings is 6. The molecule has 2 saturated heterocycles. The fraction of sp³-hybridized carbons (Fsp3) is 0.500. The second-order valence-electron chi connectivity index (χ2n) is 31.5. The lowest BCUT2D eigenvalue weighted by atomic mass is 9.49. The highest BCUT2D eigenvalue weighted by molar-refractivity contribution is 7.11. The number of hydrogen-bond donors (Lipinski definition) is 0. The standard InChI is InChI=1S/C72H96B2O4/c1-63(2,3)49-35-50(64(4,5)6)40-57(39-49)71(58-41-51(65(7,8)9)36-52(42-58)66(10,11)12)61(47-31-27-25-28-32-47)75-73(77-71)74-76-62(48-33-29-26-30-34-48)72(78-74,59-43-53(67(13,14)15)37-54(44-59)68(16,17)18)60-45-55(69(19,20)21)38-56(46-60)70(22,23)24/h25-46,61-62H,1-24H3/t61-,62-/m0/s1. The first-order valence-corrected chi connectivity index (χ1v) is 29.1. The van der Waals surface area contributed by atoms with Crippen LogP contribution >= 0.6 is 0 Å². The minimum Gasteiger partial charge on any atom is -0.403 e. The summed E-state index contributed by atoms with van der Waals surface area (Å²) in [5.41, 5.74) is 12.3. The van der Waals surface area contributed by atoms with Crippen LogP contribution in [-0.4, -0.2) is 14.0 Å². The van der Waals surface area contributed by atoms with E-state index in [1.165, 1.54) is 44.5 Å². The Labute approximate surface area is 474 Å². The van der Waals surface area contributed by atoms with Gasteiger partial charge < -0.3 is 18.6 Å². The van der Waals surface area contributed by atoms with Crippen molar-refractivity contribution in [1.29, 1.82) is 0 Å². The van der Waals surface area contributed by atoms with Gasteiger partial charge in [-0.05, 0) is 121 Å². The van der Waals surface area contributed by atoms with E-state index in [2.05, 4.69) is 300 Å². The summed E-state index contributed by atoms with van der Waals surface area (Å²) >= 11 is 0. The van der Waals surface area contributed by atoms with Crippen molar-refractivity contribution in [3.05, 3.63) is 211 Å². The Hall–Kier alpha value is -4.71. The normalized spacial score (nSPS) is 18.7. The molecular formula is C72H96B2O4. The maximum atomic E-state index is 8.23. The first-order chi connectivity index (χ1) is 35.6. The van der Waals surface area contributed by atoms with E-state index in [0.29, 0.717) is 0 Å². The van der Waals surface area contributed by atoms with Crippen molar-refractivity contribution in [3.63, 3.8) is 0 Å². The first kappa shape index (κ1) is 59.4. The minimum absolute atomic E-state index is 0.177. The molecule has 2 aliphatic heterocycles. The Kier molecular flexibility index (Phi) is 15.3. The lowest BCUT2D eigenvalue weighted by Gasteiger charge is -2.40. The summed E-state index contributed by atoms with van der Waals surface area (Å²) in [6.07, 6.45) is -1.25. The Morgan fingerprint density at radius 3 is 0.615 bits per heavy atom. The highest BCUT2D eigenvalue weighted by atomic mass is 16.7. The van der Waals surface area contributed by atoms with E-state index in [-0.39, 0.29) is 43.3 Å². The van der Waals surface area contributed by atoms with Crippen LogP contribution in [0.5, 0.6) is 0 Å². The fourth-order valence-electron chi connectivity index (χ4n) is 11.2. The molecule has 2 aliphatic rings. The zero-order valence-electron chi connectivity index (χ0n) is 52.6. The van der Waals surface area contributed by atoms with Gasteiger partial charge in [-0.25, -0.2) is 0 Å². The van der Waals surface area contributed by atoms with E-state index in [4.69, 9.17) is 18.6 Å². The molecule has 6 aromatic carbocycles. The molecular weight excluding hydrogens is 950 g/mol. The zero-order chi connectivity index (χ0) is 57.8. The SMILES string of the molecule is CC(C)(C)c1cc(C(C)(C)C)cc(C2(c3cc(C(C)(C)C)cc(C(C)(C)C)c3)OB(B3O[C@@H](c4ccccc4)C(c4cc(C(C)(C)C)cc(C(C)(C)C)c4)(c4cc(C(C)(C)C)cc(C(C)(C)C)c4)O3)O[C@H]2c2ccccc2)c1. The van der Waals surface area contributed by atoms with Gasteiger partial charge in [0.15, 0.2) is 0 Å². The van der Waals surface area contributed by atoms with Gasteiger partial charge in [-0.3, -0.25) is 0 Å². The Balaban J connectivity index is 1.51. The first-order valence-electron chi connectivity index (χ1n) is 29.1. The molecule has 0 saturated carbocycles. The summed E-state index contributed by atoms with van der Waals surface area (Å²) in [6.45, 7) is 55.6. The maximum Gasteiger partial charge on any atom is 0.489 e. The van der Waals surface area contributed by atoms with Gasteiger partial charge in [0.05, 0.1) is 0 Å². The molecule has 0 N–H and O–H groups in total. The lowest BCUT2D eigenvalue weighted by Crippen LogP contribution is -2.44. The molecule has 6 aromatic rings. The maximum absolute atomic E-state index is 8.23. The highest BCUT2D eigenvalue weighted by Gasteiger charge is 2.66. The van der Waals surface area contributed by atoms with Crippen molar-refractivity contribution in [2.45, 2.75) is 233 Å². The van der Waals surface area contributed by atoms with Crippen LogP contribution in [-0.2, 0) is 73.1 Å². The van der Waals surface area contributed by atoms with Crippen molar-refractivity contribution in [2.75, 3.05) is 0 Å². The molecule has 6 heteroatoms. The van der Waals surface area contributed by atoms with Crippen LogP contribution in [0.4, 0.5) is 0 Å². The van der Waals surface area contributed by atoms with Crippen LogP contribution in [0.25, 0.3) is 0 Å². The van der Waals surface area contributed by atoms with Gasteiger partial charge in [0.2, 0.25) is 0 Å². The monoisotopic (exact) mass is 1050 g/mol. The predicted octanol–water partition coefficient (Wildman–Crippen LogP) is 18.9. The minimum atomic E-state index is -1.19. The van der Waals surface area contributed by atoms with Crippen LogP contribution in [0, 0.1) is 0 Å². The molecule has 0 aromatic heterocycles. The molecule has 0 bridgehead atoms. The smallest absolute Gasteiger partial charge is 0.403 e. The van der Waals surface area contributed by atoms with E-state index in [1.54, 1.807) is 0 Å². The van der Waals surface area contributed by atoms with E-state index in [9.17, 15) is 0 Å². The van der Waals surface area contributed by atoms with Gasteiger partial charge in [0, 0.05) is 0 Å². The number of rotatable bonds is 7. The van der Waals surface area contributed by atoms with Crippen LogP contribution in [0.15, 0.2) is 133 Å². The van der Waals surface area contributed by atoms with Crippen molar-refractivity contribution in [2.24, 2.45) is 0 Å². The van der Waals surface area contributed by atoms with Gasteiger partial charge >= 0.3 is 14.0 Å². The number of hydrogen-bond acceptors (Lipinski definition) is 4. The molecule has 414 valence electrons. The molecule has 2 atom stereocenters. The summed E-state index contributed by atoms with van der Waals surface area (Å²) in [7, 11) is -2.01. The van der Waals surface area contributed by atoms with Crippen LogP contribution in [0.3, 0.4) is 0 Å². The largest absolute Gasteiger partial charge is 0.489 e. The fourth-order valence-corrected chi connectivity index (χ4v) is 11.2.